The van der Waals surface area contributed by atoms with Crippen LogP contribution in [-0.4, -0.2) is 31.7 Å². The van der Waals surface area contributed by atoms with Gasteiger partial charge in [-0.2, -0.15) is 0 Å². The second-order valence-electron chi connectivity index (χ2n) is 6.76. The van der Waals surface area contributed by atoms with Crippen LogP contribution in [0, 0.1) is 13.8 Å². The van der Waals surface area contributed by atoms with Crippen molar-refractivity contribution in [3.05, 3.63) is 88.7 Å². The number of benzene rings is 2. The normalized spacial score (nSPS) is 10.8. The minimum Gasteiger partial charge on any atom is -0.478 e. The van der Waals surface area contributed by atoms with Crippen molar-refractivity contribution in [1.29, 1.82) is 0 Å². The number of ketones is 1. The maximum absolute atomic E-state index is 12.9. The Morgan fingerprint density at radius 3 is 2.48 bits per heavy atom. The summed E-state index contributed by atoms with van der Waals surface area (Å²) in [5.41, 5.74) is 4.96. The number of carbonyl (C=O) groups excluding carboxylic acids is 1. The van der Waals surface area contributed by atoms with Gasteiger partial charge in [-0.25, -0.2) is 9.31 Å². The van der Waals surface area contributed by atoms with E-state index in [1.165, 1.54) is 0 Å². The molecule has 0 unspecified atom stereocenters. The maximum Gasteiger partial charge on any atom is 0.335 e. The molecule has 29 heavy (non-hydrogen) atoms. The number of carboxylic acids is 1. The number of hydrogen-bond acceptors (Lipinski definition) is 5. The molecule has 4 aromatic rings. The van der Waals surface area contributed by atoms with Crippen LogP contribution in [-0.2, 0) is 0 Å². The van der Waals surface area contributed by atoms with Gasteiger partial charge in [0.15, 0.2) is 5.78 Å². The second-order valence-corrected chi connectivity index (χ2v) is 6.76. The van der Waals surface area contributed by atoms with E-state index in [-0.39, 0.29) is 11.3 Å². The van der Waals surface area contributed by atoms with Crippen LogP contribution in [0.3, 0.4) is 0 Å². The van der Waals surface area contributed by atoms with Crippen LogP contribution in [0.2, 0.25) is 0 Å². The highest BCUT2D eigenvalue weighted by atomic mass is 16.4. The Bertz CT molecular complexity index is 1250. The third kappa shape index (κ3) is 3.34. The lowest BCUT2D eigenvalue weighted by atomic mass is 10.0. The Labute approximate surface area is 166 Å². The number of rotatable bonds is 5. The van der Waals surface area contributed by atoms with Crippen LogP contribution in [0.15, 0.2) is 60.9 Å². The summed E-state index contributed by atoms with van der Waals surface area (Å²) in [4.78, 5) is 24.2. The summed E-state index contributed by atoms with van der Waals surface area (Å²) < 4.78 is 1.56. The molecular formula is C22H18N4O3. The fraction of sp³-hybridized carbons (Fsp3) is 0.0909. The van der Waals surface area contributed by atoms with E-state index >= 15 is 0 Å². The number of aromatic carboxylic acids is 1. The van der Waals surface area contributed by atoms with E-state index < -0.39 is 5.97 Å². The molecule has 0 saturated carbocycles. The molecule has 0 radical (unpaired) electrons. The van der Waals surface area contributed by atoms with Crippen molar-refractivity contribution in [3.8, 4) is 0 Å². The van der Waals surface area contributed by atoms with E-state index in [0.717, 1.165) is 11.1 Å². The predicted octanol–water partition coefficient (Wildman–Crippen LogP) is 4.02. The van der Waals surface area contributed by atoms with Crippen molar-refractivity contribution < 1.29 is 14.7 Å². The third-order valence-electron chi connectivity index (χ3n) is 4.86. The van der Waals surface area contributed by atoms with Gasteiger partial charge in [0.1, 0.15) is 0 Å². The SMILES string of the molecule is Cc1ccc(C(=O)O)cc1Nc1cnnn2cc(C(=O)c3ccccc3)c(C)c12. The maximum atomic E-state index is 12.9. The summed E-state index contributed by atoms with van der Waals surface area (Å²) in [6.45, 7) is 3.74. The summed E-state index contributed by atoms with van der Waals surface area (Å²) >= 11 is 0. The number of anilines is 2. The Morgan fingerprint density at radius 2 is 1.76 bits per heavy atom. The van der Waals surface area contributed by atoms with Gasteiger partial charge in [-0.15, -0.1) is 5.10 Å². The molecule has 0 aliphatic heterocycles. The number of aromatic nitrogens is 3. The molecule has 2 aromatic heterocycles. The van der Waals surface area contributed by atoms with Gasteiger partial charge < -0.3 is 10.4 Å². The van der Waals surface area contributed by atoms with E-state index in [4.69, 9.17) is 0 Å². The summed E-state index contributed by atoms with van der Waals surface area (Å²) in [5.74, 6) is -1.09. The first-order valence-electron chi connectivity index (χ1n) is 9.00. The molecule has 7 nitrogen and oxygen atoms in total. The molecule has 4 rings (SSSR count). The van der Waals surface area contributed by atoms with E-state index in [1.807, 2.05) is 32.0 Å². The molecule has 0 saturated heterocycles. The van der Waals surface area contributed by atoms with Crippen LogP contribution in [0.25, 0.3) is 5.52 Å². The highest BCUT2D eigenvalue weighted by molar-refractivity contribution is 6.11. The quantitative estimate of drug-likeness (QED) is 0.503. The molecule has 7 heteroatoms. The number of carbonyl (C=O) groups is 2. The molecule has 0 spiro atoms. The molecule has 0 aliphatic rings. The van der Waals surface area contributed by atoms with E-state index in [2.05, 4.69) is 15.6 Å². The lowest BCUT2D eigenvalue weighted by Crippen LogP contribution is -2.03. The van der Waals surface area contributed by atoms with Crippen LogP contribution < -0.4 is 5.32 Å². The van der Waals surface area contributed by atoms with Gasteiger partial charge in [0.2, 0.25) is 0 Å². The molecule has 0 fully saturated rings. The molecule has 0 aliphatic carbocycles. The molecular weight excluding hydrogens is 368 g/mol. The van der Waals surface area contributed by atoms with Crippen molar-refractivity contribution >= 4 is 28.6 Å². The first-order valence-corrected chi connectivity index (χ1v) is 9.00. The van der Waals surface area contributed by atoms with Crippen LogP contribution >= 0.6 is 0 Å². The highest BCUT2D eigenvalue weighted by Gasteiger charge is 2.19. The fourth-order valence-electron chi connectivity index (χ4n) is 3.28. The van der Waals surface area contributed by atoms with Gasteiger partial charge in [-0.05, 0) is 37.1 Å². The van der Waals surface area contributed by atoms with Gasteiger partial charge in [0.25, 0.3) is 0 Å². The van der Waals surface area contributed by atoms with Crippen molar-refractivity contribution in [2.75, 3.05) is 5.32 Å². The third-order valence-corrected chi connectivity index (χ3v) is 4.86. The Kier molecular flexibility index (Phi) is 4.56. The Morgan fingerprint density at radius 1 is 1.00 bits per heavy atom. The van der Waals surface area contributed by atoms with Crippen LogP contribution in [0.5, 0.6) is 0 Å². The smallest absolute Gasteiger partial charge is 0.335 e. The Balaban J connectivity index is 1.79. The first kappa shape index (κ1) is 18.4. The van der Waals surface area contributed by atoms with Gasteiger partial charge in [0.05, 0.1) is 23.0 Å². The lowest BCUT2D eigenvalue weighted by molar-refractivity contribution is 0.0696. The molecule has 0 atom stereocenters. The fourth-order valence-corrected chi connectivity index (χ4v) is 3.28. The lowest BCUT2D eigenvalue weighted by Gasteiger charge is -2.11. The van der Waals surface area contributed by atoms with Crippen molar-refractivity contribution in [1.82, 2.24) is 14.8 Å². The number of nitrogens with zero attached hydrogens (tertiary/aromatic N) is 3. The molecule has 2 aromatic carbocycles. The summed E-state index contributed by atoms with van der Waals surface area (Å²) in [6.07, 6.45) is 3.23. The monoisotopic (exact) mass is 386 g/mol. The van der Waals surface area contributed by atoms with E-state index in [0.29, 0.717) is 28.0 Å². The average molecular weight is 386 g/mol. The number of aryl methyl sites for hydroxylation is 2. The topological polar surface area (TPSA) is 96.6 Å². The standard InChI is InChI=1S/C22H18N4O3/c1-13-8-9-16(22(28)29)10-18(13)24-19-11-23-25-26-12-17(14(2)20(19)26)21(27)15-6-4-3-5-7-15/h3-12,24H,1-2H3,(H,28,29). The minimum atomic E-state index is -0.999. The van der Waals surface area contributed by atoms with Gasteiger partial charge >= 0.3 is 5.97 Å². The molecule has 0 amide bonds. The van der Waals surface area contributed by atoms with E-state index in [9.17, 15) is 14.7 Å². The molecule has 0 bridgehead atoms. The van der Waals surface area contributed by atoms with Crippen molar-refractivity contribution in [2.24, 2.45) is 0 Å². The summed E-state index contributed by atoms with van der Waals surface area (Å²) in [5, 5.41) is 20.6. The zero-order valence-electron chi connectivity index (χ0n) is 15.9. The first-order chi connectivity index (χ1) is 14.0. The van der Waals surface area contributed by atoms with E-state index in [1.54, 1.807) is 47.2 Å². The highest BCUT2D eigenvalue weighted by Crippen LogP contribution is 2.29. The zero-order valence-corrected chi connectivity index (χ0v) is 15.9. The molecule has 2 N–H and O–H groups in total. The number of hydrogen-bond donors (Lipinski definition) is 2. The summed E-state index contributed by atoms with van der Waals surface area (Å²) in [7, 11) is 0. The zero-order chi connectivity index (χ0) is 20.5. The Hall–Kier alpha value is -4.00. The number of nitrogens with one attached hydrogen (secondary N) is 1. The minimum absolute atomic E-state index is 0.0939. The van der Waals surface area contributed by atoms with Crippen LogP contribution in [0.4, 0.5) is 11.4 Å². The summed E-state index contributed by atoms with van der Waals surface area (Å²) in [6, 6.07) is 13.9. The number of carboxylic acid groups (broad SMARTS) is 1. The molecule has 144 valence electrons. The van der Waals surface area contributed by atoms with Gasteiger partial charge in [-0.1, -0.05) is 41.6 Å². The second kappa shape index (κ2) is 7.20. The van der Waals surface area contributed by atoms with Gasteiger partial charge in [0, 0.05) is 23.0 Å². The van der Waals surface area contributed by atoms with Gasteiger partial charge in [-0.3, -0.25) is 4.79 Å². The largest absolute Gasteiger partial charge is 0.478 e. The number of fused-ring (bicyclic) bond motifs is 1. The van der Waals surface area contributed by atoms with Crippen molar-refractivity contribution in [3.63, 3.8) is 0 Å². The van der Waals surface area contributed by atoms with Crippen molar-refractivity contribution in [2.45, 2.75) is 13.8 Å². The van der Waals surface area contributed by atoms with Crippen LogP contribution in [0.1, 0.15) is 37.4 Å². The predicted molar refractivity (Wildman–Crippen MR) is 109 cm³/mol. The molecule has 2 heterocycles. The average Bonchev–Trinajstić information content (AvgIpc) is 3.07.